The van der Waals surface area contributed by atoms with E-state index in [4.69, 9.17) is 10.5 Å². The van der Waals surface area contributed by atoms with Gasteiger partial charge < -0.3 is 10.5 Å². The highest BCUT2D eigenvalue weighted by Crippen LogP contribution is 2.45. The average molecular weight is 221 g/mol. The van der Waals surface area contributed by atoms with E-state index < -0.39 is 0 Å². The zero-order valence-electron chi connectivity index (χ0n) is 9.21. The maximum Gasteiger partial charge on any atom is 0.165 e. The van der Waals surface area contributed by atoms with Gasteiger partial charge in [-0.25, -0.2) is 4.39 Å². The van der Waals surface area contributed by atoms with Gasteiger partial charge in [0.15, 0.2) is 11.6 Å². The van der Waals surface area contributed by atoms with Gasteiger partial charge in [-0.1, -0.05) is 12.1 Å². The molecule has 1 aliphatic carbocycles. The molecular weight excluding hydrogens is 205 g/mol. The van der Waals surface area contributed by atoms with Gasteiger partial charge in [0.25, 0.3) is 0 Å². The van der Waals surface area contributed by atoms with Crippen molar-refractivity contribution in [3.8, 4) is 5.75 Å². The lowest BCUT2D eigenvalue weighted by atomic mass is 9.86. The molecule has 0 radical (unpaired) electrons. The summed E-state index contributed by atoms with van der Waals surface area (Å²) in [4.78, 5) is 0. The van der Waals surface area contributed by atoms with Gasteiger partial charge in [0.2, 0.25) is 0 Å². The van der Waals surface area contributed by atoms with E-state index in [-0.39, 0.29) is 11.4 Å². The van der Waals surface area contributed by atoms with Crippen LogP contribution in [0.4, 0.5) is 4.39 Å². The monoisotopic (exact) mass is 221 g/mol. The second-order valence-corrected chi connectivity index (χ2v) is 5.06. The van der Waals surface area contributed by atoms with E-state index in [0.29, 0.717) is 18.3 Å². The number of hydrogen-bond donors (Lipinski definition) is 1. The first-order valence-corrected chi connectivity index (χ1v) is 5.88. The summed E-state index contributed by atoms with van der Waals surface area (Å²) in [6, 6.07) is 5.18. The molecule has 1 aromatic rings. The fraction of sp³-hybridized carbons (Fsp3) is 0.538. The van der Waals surface area contributed by atoms with Crippen LogP contribution < -0.4 is 10.5 Å². The maximum atomic E-state index is 13.5. The largest absolute Gasteiger partial charge is 0.490 e. The topological polar surface area (TPSA) is 35.2 Å². The maximum absolute atomic E-state index is 13.5. The minimum absolute atomic E-state index is 0.0194. The third kappa shape index (κ3) is 1.69. The summed E-state index contributed by atoms with van der Waals surface area (Å²) in [6.45, 7) is 0.606. The third-order valence-electron chi connectivity index (χ3n) is 3.70. The van der Waals surface area contributed by atoms with Crippen LogP contribution in [-0.4, -0.2) is 12.1 Å². The number of para-hydroxylation sites is 1. The van der Waals surface area contributed by atoms with Gasteiger partial charge in [0.1, 0.15) is 0 Å². The van der Waals surface area contributed by atoms with Crippen LogP contribution in [0.3, 0.4) is 0 Å². The smallest absolute Gasteiger partial charge is 0.165 e. The molecule has 86 valence electrons. The molecule has 2 aliphatic rings. The van der Waals surface area contributed by atoms with Gasteiger partial charge in [-0.15, -0.1) is 0 Å². The Morgan fingerprint density at radius 3 is 3.00 bits per heavy atom. The quantitative estimate of drug-likeness (QED) is 0.833. The molecule has 3 heteroatoms. The molecule has 1 aliphatic heterocycles. The average Bonchev–Trinajstić information content (AvgIpc) is 2.98. The van der Waals surface area contributed by atoms with Crippen LogP contribution in [0.2, 0.25) is 0 Å². The summed E-state index contributed by atoms with van der Waals surface area (Å²) >= 11 is 0. The standard InChI is InChI=1S/C13H16FNO/c14-11-3-1-2-10-9(4-7-16-12(10)11)8-13(15)5-6-13/h1-3,9H,4-8,15H2. The highest BCUT2D eigenvalue weighted by molar-refractivity contribution is 5.39. The molecule has 0 bridgehead atoms. The van der Waals surface area contributed by atoms with Gasteiger partial charge >= 0.3 is 0 Å². The van der Waals surface area contributed by atoms with Crippen molar-refractivity contribution in [2.24, 2.45) is 5.73 Å². The molecule has 0 saturated heterocycles. The van der Waals surface area contributed by atoms with Crippen molar-refractivity contribution in [1.29, 1.82) is 0 Å². The van der Waals surface area contributed by atoms with E-state index in [0.717, 1.165) is 31.2 Å². The lowest BCUT2D eigenvalue weighted by molar-refractivity contribution is 0.245. The Bertz CT molecular complexity index is 414. The molecule has 0 spiro atoms. The zero-order chi connectivity index (χ0) is 11.2. The van der Waals surface area contributed by atoms with Crippen molar-refractivity contribution in [2.75, 3.05) is 6.61 Å². The first kappa shape index (κ1) is 10.1. The van der Waals surface area contributed by atoms with E-state index in [1.165, 1.54) is 6.07 Å². The Balaban J connectivity index is 1.90. The van der Waals surface area contributed by atoms with Crippen LogP contribution in [0.1, 0.15) is 37.2 Å². The fourth-order valence-corrected chi connectivity index (χ4v) is 2.53. The molecular formula is C13H16FNO. The Morgan fingerprint density at radius 2 is 2.25 bits per heavy atom. The van der Waals surface area contributed by atoms with E-state index in [1.54, 1.807) is 6.07 Å². The fourth-order valence-electron chi connectivity index (χ4n) is 2.53. The Kier molecular flexibility index (Phi) is 2.18. The van der Waals surface area contributed by atoms with Gasteiger partial charge in [0, 0.05) is 11.1 Å². The number of fused-ring (bicyclic) bond motifs is 1. The number of rotatable bonds is 2. The van der Waals surface area contributed by atoms with Crippen LogP contribution in [0, 0.1) is 5.82 Å². The summed E-state index contributed by atoms with van der Waals surface area (Å²) in [5, 5.41) is 0. The van der Waals surface area contributed by atoms with Crippen LogP contribution in [-0.2, 0) is 0 Å². The summed E-state index contributed by atoms with van der Waals surface area (Å²) in [5.74, 6) is 0.569. The Labute approximate surface area is 94.6 Å². The molecule has 3 rings (SSSR count). The normalized spacial score (nSPS) is 25.8. The molecule has 1 heterocycles. The molecule has 1 fully saturated rings. The first-order valence-electron chi connectivity index (χ1n) is 5.88. The predicted molar refractivity (Wildman–Crippen MR) is 60.0 cm³/mol. The molecule has 1 atom stereocenters. The number of hydrogen-bond acceptors (Lipinski definition) is 2. The van der Waals surface area contributed by atoms with E-state index in [2.05, 4.69) is 0 Å². The molecule has 0 aromatic heterocycles. The summed E-state index contributed by atoms with van der Waals surface area (Å²) in [7, 11) is 0. The molecule has 2 N–H and O–H groups in total. The van der Waals surface area contributed by atoms with Gasteiger partial charge in [0.05, 0.1) is 6.61 Å². The number of nitrogens with two attached hydrogens (primary N) is 1. The second-order valence-electron chi connectivity index (χ2n) is 5.06. The van der Waals surface area contributed by atoms with E-state index >= 15 is 0 Å². The lowest BCUT2D eigenvalue weighted by Crippen LogP contribution is -2.27. The lowest BCUT2D eigenvalue weighted by Gasteiger charge is -2.28. The van der Waals surface area contributed by atoms with Crippen molar-refractivity contribution in [2.45, 2.75) is 37.1 Å². The van der Waals surface area contributed by atoms with Gasteiger partial charge in [-0.2, -0.15) is 0 Å². The van der Waals surface area contributed by atoms with Crippen LogP contribution in [0.5, 0.6) is 5.75 Å². The second kappa shape index (κ2) is 3.45. The van der Waals surface area contributed by atoms with Crippen molar-refractivity contribution in [3.63, 3.8) is 0 Å². The number of halogens is 1. The summed E-state index contributed by atoms with van der Waals surface area (Å²) < 4.78 is 18.9. The van der Waals surface area contributed by atoms with E-state index in [9.17, 15) is 4.39 Å². The van der Waals surface area contributed by atoms with Crippen molar-refractivity contribution >= 4 is 0 Å². The molecule has 1 saturated carbocycles. The highest BCUT2D eigenvalue weighted by Gasteiger charge is 2.41. The van der Waals surface area contributed by atoms with Crippen molar-refractivity contribution in [1.82, 2.24) is 0 Å². The number of benzene rings is 1. The van der Waals surface area contributed by atoms with Crippen LogP contribution in [0.15, 0.2) is 18.2 Å². The third-order valence-corrected chi connectivity index (χ3v) is 3.70. The van der Waals surface area contributed by atoms with Crippen molar-refractivity contribution < 1.29 is 9.13 Å². The summed E-state index contributed by atoms with van der Waals surface area (Å²) in [5.41, 5.74) is 7.16. The first-order chi connectivity index (χ1) is 7.68. The van der Waals surface area contributed by atoms with E-state index in [1.807, 2.05) is 6.07 Å². The van der Waals surface area contributed by atoms with Crippen LogP contribution in [0.25, 0.3) is 0 Å². The Morgan fingerprint density at radius 1 is 1.44 bits per heavy atom. The van der Waals surface area contributed by atoms with Gasteiger partial charge in [-0.05, 0) is 37.7 Å². The molecule has 16 heavy (non-hydrogen) atoms. The molecule has 2 nitrogen and oxygen atoms in total. The van der Waals surface area contributed by atoms with Crippen LogP contribution >= 0.6 is 0 Å². The van der Waals surface area contributed by atoms with Gasteiger partial charge in [-0.3, -0.25) is 0 Å². The minimum Gasteiger partial charge on any atom is -0.490 e. The summed E-state index contributed by atoms with van der Waals surface area (Å²) in [6.07, 6.45) is 4.13. The highest BCUT2D eigenvalue weighted by atomic mass is 19.1. The zero-order valence-corrected chi connectivity index (χ0v) is 9.21. The number of ether oxygens (including phenoxy) is 1. The predicted octanol–water partition coefficient (Wildman–Crippen LogP) is 2.57. The van der Waals surface area contributed by atoms with Crippen molar-refractivity contribution in [3.05, 3.63) is 29.6 Å². The Hall–Kier alpha value is -1.09. The molecule has 1 aromatic carbocycles. The molecule has 0 amide bonds. The molecule has 1 unspecified atom stereocenters. The SMILES string of the molecule is NC1(CC2CCOc3c(F)cccc32)CC1. The minimum atomic E-state index is -0.246.